The van der Waals surface area contributed by atoms with Crippen LogP contribution in [0.25, 0.3) is 0 Å². The zero-order valence-corrected chi connectivity index (χ0v) is 11.3. The van der Waals surface area contributed by atoms with Crippen molar-refractivity contribution in [1.29, 1.82) is 0 Å². The lowest BCUT2D eigenvalue weighted by Gasteiger charge is -2.25. The van der Waals surface area contributed by atoms with E-state index in [1.165, 1.54) is 4.57 Å². The first-order chi connectivity index (χ1) is 9.61. The molecule has 0 amide bonds. The van der Waals surface area contributed by atoms with Crippen LogP contribution in [0.15, 0.2) is 27.9 Å². The van der Waals surface area contributed by atoms with Crippen LogP contribution in [0.3, 0.4) is 0 Å². The predicted molar refractivity (Wildman–Crippen MR) is 72.4 cm³/mol. The van der Waals surface area contributed by atoms with Crippen LogP contribution in [0.1, 0.15) is 24.6 Å². The molecule has 0 unspecified atom stereocenters. The minimum atomic E-state index is -0.461. The van der Waals surface area contributed by atoms with Gasteiger partial charge in [0.2, 0.25) is 0 Å². The Balaban J connectivity index is 2.02. The van der Waals surface area contributed by atoms with Crippen LogP contribution in [0.5, 0.6) is 0 Å². The minimum Gasteiger partial charge on any atom is -0.394 e. The van der Waals surface area contributed by atoms with E-state index < -0.39 is 11.9 Å². The number of rotatable bonds is 2. The maximum Gasteiger partial charge on any atom is 0.330 e. The van der Waals surface area contributed by atoms with Gasteiger partial charge < -0.3 is 9.84 Å². The van der Waals surface area contributed by atoms with Crippen molar-refractivity contribution in [2.45, 2.75) is 32.1 Å². The van der Waals surface area contributed by atoms with Gasteiger partial charge in [0.05, 0.1) is 12.7 Å². The molecule has 1 aromatic rings. The molecule has 2 heterocycles. The third-order valence-electron chi connectivity index (χ3n) is 4.29. The van der Waals surface area contributed by atoms with E-state index in [0.29, 0.717) is 5.56 Å². The summed E-state index contributed by atoms with van der Waals surface area (Å²) in [5, 5.41) is 9.44. The molecular formula is C14H18N2O4. The van der Waals surface area contributed by atoms with Crippen molar-refractivity contribution < 1.29 is 9.84 Å². The fourth-order valence-electron chi connectivity index (χ4n) is 3.22. The Morgan fingerprint density at radius 3 is 2.75 bits per heavy atom. The SMILES string of the molecule is Cc1cn([C@@H]2O[C@H](CO)[C@H]3CC=CC[C@H]32)c(=O)[nH]c1=O. The molecule has 1 aliphatic carbocycles. The van der Waals surface area contributed by atoms with Gasteiger partial charge in [0.1, 0.15) is 6.23 Å². The van der Waals surface area contributed by atoms with Crippen LogP contribution in [0, 0.1) is 18.8 Å². The van der Waals surface area contributed by atoms with Gasteiger partial charge in [-0.2, -0.15) is 0 Å². The molecule has 0 bridgehead atoms. The molecule has 1 aromatic heterocycles. The Morgan fingerprint density at radius 1 is 1.35 bits per heavy atom. The van der Waals surface area contributed by atoms with Gasteiger partial charge in [0.25, 0.3) is 5.56 Å². The first-order valence-corrected chi connectivity index (χ1v) is 6.85. The molecule has 0 aromatic carbocycles. The maximum absolute atomic E-state index is 12.0. The van der Waals surface area contributed by atoms with Crippen LogP contribution in [-0.4, -0.2) is 27.4 Å². The fourth-order valence-corrected chi connectivity index (χ4v) is 3.22. The number of nitrogens with one attached hydrogen (secondary N) is 1. The average Bonchev–Trinajstić information content (AvgIpc) is 2.82. The van der Waals surface area contributed by atoms with E-state index in [0.717, 1.165) is 12.8 Å². The van der Waals surface area contributed by atoms with Crippen LogP contribution >= 0.6 is 0 Å². The van der Waals surface area contributed by atoms with Crippen molar-refractivity contribution in [3.8, 4) is 0 Å². The van der Waals surface area contributed by atoms with Crippen molar-refractivity contribution in [3.63, 3.8) is 0 Å². The van der Waals surface area contributed by atoms with Gasteiger partial charge in [-0.15, -0.1) is 0 Å². The Morgan fingerprint density at radius 2 is 2.05 bits per heavy atom. The van der Waals surface area contributed by atoms with Gasteiger partial charge in [-0.3, -0.25) is 14.3 Å². The maximum atomic E-state index is 12.0. The van der Waals surface area contributed by atoms with Crippen molar-refractivity contribution >= 4 is 0 Å². The molecule has 2 N–H and O–H groups in total. The molecule has 6 nitrogen and oxygen atoms in total. The monoisotopic (exact) mass is 278 g/mol. The number of hydrogen-bond donors (Lipinski definition) is 2. The molecule has 0 radical (unpaired) electrons. The zero-order valence-electron chi connectivity index (χ0n) is 11.3. The van der Waals surface area contributed by atoms with Crippen molar-refractivity contribution in [1.82, 2.24) is 9.55 Å². The normalized spacial score (nSPS) is 32.3. The number of aryl methyl sites for hydroxylation is 1. The summed E-state index contributed by atoms with van der Waals surface area (Å²) in [6, 6.07) is 0. The number of H-pyrrole nitrogens is 1. The topological polar surface area (TPSA) is 84.3 Å². The Kier molecular flexibility index (Phi) is 3.35. The second kappa shape index (κ2) is 5.03. The van der Waals surface area contributed by atoms with Crippen molar-refractivity contribution in [2.24, 2.45) is 11.8 Å². The summed E-state index contributed by atoms with van der Waals surface area (Å²) >= 11 is 0. The van der Waals surface area contributed by atoms with Gasteiger partial charge in [-0.1, -0.05) is 12.2 Å². The smallest absolute Gasteiger partial charge is 0.330 e. The molecule has 20 heavy (non-hydrogen) atoms. The highest BCUT2D eigenvalue weighted by Gasteiger charge is 2.45. The highest BCUT2D eigenvalue weighted by molar-refractivity contribution is 5.06. The lowest BCUT2D eigenvalue weighted by molar-refractivity contribution is -0.0389. The predicted octanol–water partition coefficient (Wildman–Crippen LogP) is 0.317. The molecule has 0 saturated carbocycles. The van der Waals surface area contributed by atoms with Crippen LogP contribution in [-0.2, 0) is 4.74 Å². The van der Waals surface area contributed by atoms with Gasteiger partial charge >= 0.3 is 5.69 Å². The highest BCUT2D eigenvalue weighted by atomic mass is 16.5. The second-order valence-electron chi connectivity index (χ2n) is 5.50. The number of allylic oxidation sites excluding steroid dienone is 2. The third-order valence-corrected chi connectivity index (χ3v) is 4.29. The quantitative estimate of drug-likeness (QED) is 0.763. The number of aliphatic hydroxyl groups excluding tert-OH is 1. The Bertz CT molecular complexity index is 645. The highest BCUT2D eigenvalue weighted by Crippen LogP contribution is 2.44. The molecule has 0 spiro atoms. The Hall–Kier alpha value is -1.66. The number of hydrogen-bond acceptors (Lipinski definition) is 4. The average molecular weight is 278 g/mol. The summed E-state index contributed by atoms with van der Waals surface area (Å²) in [6.07, 6.45) is 6.71. The molecule has 1 fully saturated rings. The first kappa shape index (κ1) is 13.3. The van der Waals surface area contributed by atoms with E-state index in [1.807, 2.05) is 0 Å². The summed E-state index contributed by atoms with van der Waals surface area (Å²) in [4.78, 5) is 25.7. The van der Waals surface area contributed by atoms with Crippen molar-refractivity contribution in [2.75, 3.05) is 6.61 Å². The molecule has 3 rings (SSSR count). The lowest BCUT2D eigenvalue weighted by atomic mass is 9.81. The fraction of sp³-hybridized carbons (Fsp3) is 0.571. The first-order valence-electron chi connectivity index (χ1n) is 6.85. The van der Waals surface area contributed by atoms with E-state index >= 15 is 0 Å². The summed E-state index contributed by atoms with van der Waals surface area (Å²) in [5.41, 5.74) is -0.357. The summed E-state index contributed by atoms with van der Waals surface area (Å²) in [5.74, 6) is 0.370. The molecule has 1 saturated heterocycles. The summed E-state index contributed by atoms with van der Waals surface area (Å²) < 4.78 is 7.32. The number of fused-ring (bicyclic) bond motifs is 1. The van der Waals surface area contributed by atoms with E-state index in [-0.39, 0.29) is 30.1 Å². The summed E-state index contributed by atoms with van der Waals surface area (Å²) in [6.45, 7) is 1.61. The van der Waals surface area contributed by atoms with E-state index in [4.69, 9.17) is 4.74 Å². The van der Waals surface area contributed by atoms with Gasteiger partial charge in [-0.05, 0) is 25.7 Å². The van der Waals surface area contributed by atoms with Crippen LogP contribution in [0.2, 0.25) is 0 Å². The molecular weight excluding hydrogens is 260 g/mol. The molecule has 2 aliphatic rings. The third kappa shape index (κ3) is 2.05. The minimum absolute atomic E-state index is 0.0530. The summed E-state index contributed by atoms with van der Waals surface area (Å²) in [7, 11) is 0. The standard InChI is InChI=1S/C14H18N2O4/c1-8-6-16(14(19)15-12(8)18)13-10-5-3-2-4-9(10)11(7-17)20-13/h2-3,6,9-11,13,17H,4-5,7H2,1H3,(H,15,18,19)/t9-,10+,11+,13+/m0/s1. The number of aliphatic hydroxyl groups is 1. The largest absolute Gasteiger partial charge is 0.394 e. The number of aromatic amines is 1. The molecule has 1 aliphatic heterocycles. The number of aromatic nitrogens is 2. The van der Waals surface area contributed by atoms with Crippen LogP contribution < -0.4 is 11.2 Å². The lowest BCUT2D eigenvalue weighted by Crippen LogP contribution is -2.35. The van der Waals surface area contributed by atoms with E-state index in [9.17, 15) is 14.7 Å². The number of ether oxygens (including phenoxy) is 1. The van der Waals surface area contributed by atoms with Gasteiger partial charge in [0.15, 0.2) is 0 Å². The van der Waals surface area contributed by atoms with E-state index in [2.05, 4.69) is 17.1 Å². The Labute approximate surface area is 115 Å². The second-order valence-corrected chi connectivity index (χ2v) is 5.50. The zero-order chi connectivity index (χ0) is 14.3. The van der Waals surface area contributed by atoms with Crippen LogP contribution in [0.4, 0.5) is 0 Å². The van der Waals surface area contributed by atoms with E-state index in [1.54, 1.807) is 13.1 Å². The molecule has 108 valence electrons. The van der Waals surface area contributed by atoms with Crippen molar-refractivity contribution in [3.05, 3.63) is 44.8 Å². The van der Waals surface area contributed by atoms with Gasteiger partial charge in [0, 0.05) is 17.7 Å². The van der Waals surface area contributed by atoms with Gasteiger partial charge in [-0.25, -0.2) is 4.79 Å². The molecule has 6 heteroatoms. The number of nitrogens with zero attached hydrogens (tertiary/aromatic N) is 1. The molecule has 4 atom stereocenters.